The minimum absolute atomic E-state index is 0.456. The average Bonchev–Trinajstić information content (AvgIpc) is 2.30. The first kappa shape index (κ1) is 13.0. The van der Waals surface area contributed by atoms with E-state index >= 15 is 0 Å². The van der Waals surface area contributed by atoms with E-state index < -0.39 is 6.10 Å². The summed E-state index contributed by atoms with van der Waals surface area (Å²) < 4.78 is 10.5. The van der Waals surface area contributed by atoms with E-state index in [0.29, 0.717) is 26.2 Å². The Labute approximate surface area is 97.0 Å². The highest BCUT2D eigenvalue weighted by Gasteiger charge is 2.07. The lowest BCUT2D eigenvalue weighted by Gasteiger charge is -2.11. The Morgan fingerprint density at radius 1 is 1.12 bits per heavy atom. The Kier molecular flexibility index (Phi) is 5.90. The number of aliphatic hydroxyl groups excluding tert-OH is 1. The van der Waals surface area contributed by atoms with Crippen LogP contribution in [0.25, 0.3) is 0 Å². The molecule has 0 fully saturated rings. The molecule has 0 spiro atoms. The van der Waals surface area contributed by atoms with Gasteiger partial charge in [-0.25, -0.2) is 0 Å². The molecular formula is C13H20O3. The molecular weight excluding hydrogens is 204 g/mol. The first-order valence-electron chi connectivity index (χ1n) is 5.76. The van der Waals surface area contributed by atoms with Gasteiger partial charge in [0.1, 0.15) is 5.75 Å². The van der Waals surface area contributed by atoms with Crippen molar-refractivity contribution >= 4 is 0 Å². The van der Waals surface area contributed by atoms with Gasteiger partial charge < -0.3 is 14.6 Å². The van der Waals surface area contributed by atoms with Gasteiger partial charge >= 0.3 is 0 Å². The predicted molar refractivity (Wildman–Crippen MR) is 63.7 cm³/mol. The van der Waals surface area contributed by atoms with Crippen molar-refractivity contribution in [1.29, 1.82) is 0 Å². The lowest BCUT2D eigenvalue weighted by atomic mass is 10.1. The van der Waals surface area contributed by atoms with Gasteiger partial charge in [0.25, 0.3) is 0 Å². The molecule has 1 rings (SSSR count). The van der Waals surface area contributed by atoms with Gasteiger partial charge in [0.05, 0.1) is 12.7 Å². The molecule has 0 aliphatic carbocycles. The molecule has 0 saturated carbocycles. The first-order chi connectivity index (χ1) is 7.77. The quantitative estimate of drug-likeness (QED) is 0.723. The molecule has 1 unspecified atom stereocenters. The van der Waals surface area contributed by atoms with Crippen LogP contribution in [0, 0.1) is 0 Å². The number of ether oxygens (including phenoxy) is 2. The van der Waals surface area contributed by atoms with E-state index in [-0.39, 0.29) is 0 Å². The molecule has 3 nitrogen and oxygen atoms in total. The van der Waals surface area contributed by atoms with Crippen molar-refractivity contribution in [2.45, 2.75) is 26.4 Å². The maximum Gasteiger partial charge on any atom is 0.119 e. The molecule has 0 radical (unpaired) electrons. The second kappa shape index (κ2) is 7.25. The zero-order valence-corrected chi connectivity index (χ0v) is 9.98. The number of aliphatic hydroxyl groups is 1. The molecule has 1 aromatic carbocycles. The van der Waals surface area contributed by atoms with Crippen LogP contribution in [0.1, 0.15) is 31.9 Å². The predicted octanol–water partition coefficient (Wildman–Crippen LogP) is 2.55. The molecule has 0 bridgehead atoms. The normalized spacial score (nSPS) is 12.4. The third-order valence-corrected chi connectivity index (χ3v) is 2.32. The lowest BCUT2D eigenvalue weighted by Crippen LogP contribution is -2.03. The van der Waals surface area contributed by atoms with Gasteiger partial charge in [-0.15, -0.1) is 0 Å². The molecule has 0 aliphatic rings. The Morgan fingerprint density at radius 2 is 1.81 bits per heavy atom. The lowest BCUT2D eigenvalue weighted by molar-refractivity contribution is 0.0886. The largest absolute Gasteiger partial charge is 0.494 e. The maximum absolute atomic E-state index is 9.85. The van der Waals surface area contributed by atoms with Crippen LogP contribution in [0.5, 0.6) is 5.75 Å². The Bertz CT molecular complexity index is 282. The second-order valence-corrected chi connectivity index (χ2v) is 3.50. The van der Waals surface area contributed by atoms with Crippen molar-refractivity contribution in [3.05, 3.63) is 29.8 Å². The highest BCUT2D eigenvalue weighted by atomic mass is 16.5. The number of hydrogen-bond donors (Lipinski definition) is 1. The standard InChI is InChI=1S/C13H20O3/c1-3-15-10-9-13(14)11-5-7-12(8-6-11)16-4-2/h5-8,13-14H,3-4,9-10H2,1-2H3. The monoisotopic (exact) mass is 224 g/mol. The van der Waals surface area contributed by atoms with Gasteiger partial charge in [0, 0.05) is 19.6 Å². The summed E-state index contributed by atoms with van der Waals surface area (Å²) in [5.74, 6) is 0.836. The third-order valence-electron chi connectivity index (χ3n) is 2.32. The van der Waals surface area contributed by atoms with E-state index in [0.717, 1.165) is 11.3 Å². The summed E-state index contributed by atoms with van der Waals surface area (Å²) in [6.45, 7) is 5.83. The fourth-order valence-electron chi connectivity index (χ4n) is 1.46. The molecule has 0 amide bonds. The average molecular weight is 224 g/mol. The molecule has 0 heterocycles. The molecule has 90 valence electrons. The smallest absolute Gasteiger partial charge is 0.119 e. The fourth-order valence-corrected chi connectivity index (χ4v) is 1.46. The van der Waals surface area contributed by atoms with Crippen molar-refractivity contribution in [1.82, 2.24) is 0 Å². The van der Waals surface area contributed by atoms with Crippen molar-refractivity contribution in [3.63, 3.8) is 0 Å². The van der Waals surface area contributed by atoms with E-state index in [1.54, 1.807) is 0 Å². The van der Waals surface area contributed by atoms with Gasteiger partial charge in [-0.3, -0.25) is 0 Å². The second-order valence-electron chi connectivity index (χ2n) is 3.50. The van der Waals surface area contributed by atoms with Crippen LogP contribution >= 0.6 is 0 Å². The Hall–Kier alpha value is -1.06. The van der Waals surface area contributed by atoms with Crippen LogP contribution in [0.2, 0.25) is 0 Å². The van der Waals surface area contributed by atoms with E-state index in [1.165, 1.54) is 0 Å². The number of rotatable bonds is 7. The third kappa shape index (κ3) is 4.21. The molecule has 16 heavy (non-hydrogen) atoms. The van der Waals surface area contributed by atoms with Gasteiger partial charge in [-0.05, 0) is 31.5 Å². The van der Waals surface area contributed by atoms with E-state index in [4.69, 9.17) is 9.47 Å². The summed E-state index contributed by atoms with van der Waals surface area (Å²) in [7, 11) is 0. The van der Waals surface area contributed by atoms with Gasteiger partial charge in [-0.1, -0.05) is 12.1 Å². The molecule has 1 N–H and O–H groups in total. The van der Waals surface area contributed by atoms with Crippen LogP contribution in [-0.4, -0.2) is 24.9 Å². The minimum atomic E-state index is -0.456. The van der Waals surface area contributed by atoms with Gasteiger partial charge in [0.15, 0.2) is 0 Å². The van der Waals surface area contributed by atoms with Crippen LogP contribution in [0.4, 0.5) is 0 Å². The van der Waals surface area contributed by atoms with Gasteiger partial charge in [-0.2, -0.15) is 0 Å². The molecule has 1 aromatic rings. The van der Waals surface area contributed by atoms with E-state index in [9.17, 15) is 5.11 Å². The highest BCUT2D eigenvalue weighted by molar-refractivity contribution is 5.28. The molecule has 0 saturated heterocycles. The molecule has 3 heteroatoms. The SMILES string of the molecule is CCOCCC(O)c1ccc(OCC)cc1. The summed E-state index contributed by atoms with van der Waals surface area (Å²) in [6.07, 6.45) is 0.171. The molecule has 0 aliphatic heterocycles. The summed E-state index contributed by atoms with van der Waals surface area (Å²) in [5, 5.41) is 9.85. The zero-order valence-electron chi connectivity index (χ0n) is 9.98. The minimum Gasteiger partial charge on any atom is -0.494 e. The fraction of sp³-hybridized carbons (Fsp3) is 0.538. The summed E-state index contributed by atoms with van der Waals surface area (Å²) in [4.78, 5) is 0. The van der Waals surface area contributed by atoms with Crippen molar-refractivity contribution < 1.29 is 14.6 Å². The Balaban J connectivity index is 2.46. The van der Waals surface area contributed by atoms with Gasteiger partial charge in [0.2, 0.25) is 0 Å². The van der Waals surface area contributed by atoms with Crippen molar-refractivity contribution in [2.75, 3.05) is 19.8 Å². The van der Waals surface area contributed by atoms with Crippen LogP contribution in [0.3, 0.4) is 0 Å². The molecule has 1 atom stereocenters. The van der Waals surface area contributed by atoms with E-state index in [2.05, 4.69) is 0 Å². The summed E-state index contributed by atoms with van der Waals surface area (Å²) in [6, 6.07) is 7.54. The van der Waals surface area contributed by atoms with E-state index in [1.807, 2.05) is 38.1 Å². The van der Waals surface area contributed by atoms with Crippen LogP contribution in [-0.2, 0) is 4.74 Å². The summed E-state index contributed by atoms with van der Waals surface area (Å²) in [5.41, 5.74) is 0.906. The summed E-state index contributed by atoms with van der Waals surface area (Å²) >= 11 is 0. The number of benzene rings is 1. The topological polar surface area (TPSA) is 38.7 Å². The van der Waals surface area contributed by atoms with Crippen molar-refractivity contribution in [3.8, 4) is 5.75 Å². The number of hydrogen-bond acceptors (Lipinski definition) is 3. The highest BCUT2D eigenvalue weighted by Crippen LogP contribution is 2.20. The first-order valence-corrected chi connectivity index (χ1v) is 5.76. The molecule has 0 aromatic heterocycles. The maximum atomic E-state index is 9.85. The van der Waals surface area contributed by atoms with Crippen molar-refractivity contribution in [2.24, 2.45) is 0 Å². The van der Waals surface area contributed by atoms with Crippen LogP contribution < -0.4 is 4.74 Å². The van der Waals surface area contributed by atoms with Crippen LogP contribution in [0.15, 0.2) is 24.3 Å². The zero-order chi connectivity index (χ0) is 11.8. The Morgan fingerprint density at radius 3 is 2.38 bits per heavy atom.